The average Bonchev–Trinajstić information content (AvgIpc) is 2.28. The number of halogens is 1. The molecule has 0 aromatic heterocycles. The van der Waals surface area contributed by atoms with Gasteiger partial charge in [-0.2, -0.15) is 0 Å². The van der Waals surface area contributed by atoms with Gasteiger partial charge >= 0.3 is 0 Å². The molecule has 1 rings (SSSR count). The predicted molar refractivity (Wildman–Crippen MR) is 63.7 cm³/mol. The number of carbonyl (C=O) groups is 1. The summed E-state index contributed by atoms with van der Waals surface area (Å²) in [6, 6.07) is 7.24. The molecule has 0 spiro atoms. The number of rotatable bonds is 4. The second-order valence-electron chi connectivity index (χ2n) is 3.12. The summed E-state index contributed by atoms with van der Waals surface area (Å²) in [6.45, 7) is 0.677. The molecule has 0 fully saturated rings. The zero-order valence-electron chi connectivity index (χ0n) is 8.87. The fraction of sp³-hybridized carbons (Fsp3) is 0.364. The Morgan fingerprint density at radius 3 is 2.73 bits per heavy atom. The highest BCUT2D eigenvalue weighted by molar-refractivity contribution is 9.09. The van der Waals surface area contributed by atoms with E-state index in [1.807, 2.05) is 12.1 Å². The summed E-state index contributed by atoms with van der Waals surface area (Å²) in [5.74, 6) is 0.593. The third-order valence-corrected chi connectivity index (χ3v) is 2.46. The summed E-state index contributed by atoms with van der Waals surface area (Å²) in [5, 5.41) is 0.768. The number of ether oxygens (including phenoxy) is 1. The molecule has 0 radical (unpaired) electrons. The zero-order valence-corrected chi connectivity index (χ0v) is 10.5. The third-order valence-electron chi connectivity index (χ3n) is 2.10. The van der Waals surface area contributed by atoms with Crippen LogP contribution in [0, 0.1) is 0 Å². The molecule has 1 aromatic rings. The molecular formula is C11H14BrNO2. The highest BCUT2D eigenvalue weighted by Crippen LogP contribution is 2.18. The Kier molecular flexibility index (Phi) is 4.62. The van der Waals surface area contributed by atoms with E-state index in [-0.39, 0.29) is 5.91 Å². The van der Waals surface area contributed by atoms with Crippen molar-refractivity contribution < 1.29 is 9.53 Å². The van der Waals surface area contributed by atoms with Crippen LogP contribution < -0.4 is 4.74 Å². The number of nitrogens with zero attached hydrogens (tertiary/aromatic N) is 1. The van der Waals surface area contributed by atoms with Gasteiger partial charge in [-0.25, -0.2) is 0 Å². The Hall–Kier alpha value is -1.03. The maximum atomic E-state index is 11.9. The van der Waals surface area contributed by atoms with Gasteiger partial charge < -0.3 is 9.64 Å². The third kappa shape index (κ3) is 2.96. The Morgan fingerprint density at radius 2 is 2.13 bits per heavy atom. The minimum atomic E-state index is -0.0214. The van der Waals surface area contributed by atoms with Gasteiger partial charge in [-0.1, -0.05) is 28.1 Å². The van der Waals surface area contributed by atoms with Gasteiger partial charge in [-0.15, -0.1) is 0 Å². The Labute approximate surface area is 98.2 Å². The fourth-order valence-corrected chi connectivity index (χ4v) is 1.79. The highest BCUT2D eigenvalue weighted by atomic mass is 79.9. The van der Waals surface area contributed by atoms with Crippen molar-refractivity contribution in [1.29, 1.82) is 0 Å². The van der Waals surface area contributed by atoms with Gasteiger partial charge in [0.05, 0.1) is 12.7 Å². The monoisotopic (exact) mass is 271 g/mol. The first kappa shape index (κ1) is 12.0. The van der Waals surface area contributed by atoms with Crippen molar-refractivity contribution in [2.45, 2.75) is 0 Å². The molecule has 82 valence electrons. The van der Waals surface area contributed by atoms with Crippen molar-refractivity contribution in [3.63, 3.8) is 0 Å². The zero-order chi connectivity index (χ0) is 11.3. The largest absolute Gasteiger partial charge is 0.496 e. The van der Waals surface area contributed by atoms with Crippen molar-refractivity contribution >= 4 is 21.8 Å². The topological polar surface area (TPSA) is 29.5 Å². The van der Waals surface area contributed by atoms with Gasteiger partial charge in [0, 0.05) is 18.9 Å². The molecule has 4 heteroatoms. The van der Waals surface area contributed by atoms with Crippen molar-refractivity contribution in [3.05, 3.63) is 29.8 Å². The first-order chi connectivity index (χ1) is 7.20. The van der Waals surface area contributed by atoms with Crippen LogP contribution in [0.25, 0.3) is 0 Å². The quantitative estimate of drug-likeness (QED) is 0.786. The minimum Gasteiger partial charge on any atom is -0.496 e. The molecule has 0 unspecified atom stereocenters. The van der Waals surface area contributed by atoms with Crippen molar-refractivity contribution in [3.8, 4) is 5.75 Å². The predicted octanol–water partition coefficient (Wildman–Crippen LogP) is 2.16. The maximum Gasteiger partial charge on any atom is 0.257 e. The van der Waals surface area contributed by atoms with Gasteiger partial charge in [0.15, 0.2) is 0 Å². The van der Waals surface area contributed by atoms with Crippen molar-refractivity contribution in [1.82, 2.24) is 4.90 Å². The van der Waals surface area contributed by atoms with Gasteiger partial charge in [-0.3, -0.25) is 4.79 Å². The van der Waals surface area contributed by atoms with E-state index in [1.165, 1.54) is 0 Å². The second-order valence-corrected chi connectivity index (χ2v) is 3.91. The van der Waals surface area contributed by atoms with Gasteiger partial charge in [0.1, 0.15) is 5.75 Å². The molecule has 0 heterocycles. The van der Waals surface area contributed by atoms with Crippen LogP contribution in [0.1, 0.15) is 10.4 Å². The standard InChI is InChI=1S/C11H14BrNO2/c1-13(8-7-12)11(14)9-5-3-4-6-10(9)15-2/h3-6H,7-8H2,1-2H3. The van der Waals surface area contributed by atoms with Crippen LogP contribution in [0.5, 0.6) is 5.75 Å². The Balaban J connectivity index is 2.90. The number of methoxy groups -OCH3 is 1. The van der Waals surface area contributed by atoms with Crippen LogP contribution in [0.3, 0.4) is 0 Å². The van der Waals surface area contributed by atoms with Crippen LogP contribution in [0.4, 0.5) is 0 Å². The molecule has 1 amide bonds. The van der Waals surface area contributed by atoms with Gasteiger partial charge in [0.2, 0.25) is 0 Å². The van der Waals surface area contributed by atoms with Crippen molar-refractivity contribution in [2.75, 3.05) is 26.0 Å². The molecule has 0 N–H and O–H groups in total. The highest BCUT2D eigenvalue weighted by Gasteiger charge is 2.14. The number of amides is 1. The van der Waals surface area contributed by atoms with E-state index in [0.29, 0.717) is 17.9 Å². The first-order valence-electron chi connectivity index (χ1n) is 4.65. The number of hydrogen-bond donors (Lipinski definition) is 0. The number of alkyl halides is 1. The lowest BCUT2D eigenvalue weighted by atomic mass is 10.2. The smallest absolute Gasteiger partial charge is 0.257 e. The number of carbonyl (C=O) groups excluding carboxylic acids is 1. The molecule has 15 heavy (non-hydrogen) atoms. The lowest BCUT2D eigenvalue weighted by molar-refractivity contribution is 0.0800. The molecule has 0 saturated carbocycles. The van der Waals surface area contributed by atoms with E-state index in [1.54, 1.807) is 31.2 Å². The summed E-state index contributed by atoms with van der Waals surface area (Å²) < 4.78 is 5.14. The Bertz CT molecular complexity index is 341. The maximum absolute atomic E-state index is 11.9. The summed E-state index contributed by atoms with van der Waals surface area (Å²) in [4.78, 5) is 13.6. The van der Waals surface area contributed by atoms with E-state index in [4.69, 9.17) is 4.74 Å². The second kappa shape index (κ2) is 5.75. The Morgan fingerprint density at radius 1 is 1.47 bits per heavy atom. The van der Waals surface area contributed by atoms with E-state index < -0.39 is 0 Å². The summed E-state index contributed by atoms with van der Waals surface area (Å²) in [5.41, 5.74) is 0.600. The summed E-state index contributed by atoms with van der Waals surface area (Å²) in [6.07, 6.45) is 0. The summed E-state index contributed by atoms with van der Waals surface area (Å²) >= 11 is 3.30. The molecule has 1 aromatic carbocycles. The van der Waals surface area contributed by atoms with Crippen molar-refractivity contribution in [2.24, 2.45) is 0 Å². The summed E-state index contributed by atoms with van der Waals surface area (Å²) in [7, 11) is 3.34. The number of para-hydroxylation sites is 1. The SMILES string of the molecule is COc1ccccc1C(=O)N(C)CCBr. The van der Waals surface area contributed by atoms with E-state index in [0.717, 1.165) is 5.33 Å². The van der Waals surface area contributed by atoms with E-state index >= 15 is 0 Å². The molecular weight excluding hydrogens is 258 g/mol. The first-order valence-corrected chi connectivity index (χ1v) is 5.77. The van der Waals surface area contributed by atoms with Crippen LogP contribution in [-0.2, 0) is 0 Å². The van der Waals surface area contributed by atoms with Crippen LogP contribution in [0.2, 0.25) is 0 Å². The average molecular weight is 272 g/mol. The van der Waals surface area contributed by atoms with Crippen LogP contribution >= 0.6 is 15.9 Å². The normalized spacial score (nSPS) is 9.80. The minimum absolute atomic E-state index is 0.0214. The van der Waals surface area contributed by atoms with Gasteiger partial charge in [-0.05, 0) is 12.1 Å². The number of benzene rings is 1. The number of hydrogen-bond acceptors (Lipinski definition) is 2. The molecule has 0 aliphatic carbocycles. The fourth-order valence-electron chi connectivity index (χ4n) is 1.26. The molecule has 0 atom stereocenters. The lowest BCUT2D eigenvalue weighted by Gasteiger charge is -2.17. The van der Waals surface area contributed by atoms with Gasteiger partial charge in [0.25, 0.3) is 5.91 Å². The molecule has 3 nitrogen and oxygen atoms in total. The molecule has 0 aliphatic heterocycles. The van der Waals surface area contributed by atoms with E-state index in [2.05, 4.69) is 15.9 Å². The lowest BCUT2D eigenvalue weighted by Crippen LogP contribution is -2.28. The van der Waals surface area contributed by atoms with E-state index in [9.17, 15) is 4.79 Å². The molecule has 0 aliphatic rings. The van der Waals surface area contributed by atoms with Crippen LogP contribution in [-0.4, -0.2) is 36.8 Å². The molecule has 0 bridgehead atoms. The molecule has 0 saturated heterocycles. The van der Waals surface area contributed by atoms with Crippen LogP contribution in [0.15, 0.2) is 24.3 Å².